The topological polar surface area (TPSA) is 50.4 Å². The van der Waals surface area contributed by atoms with E-state index in [0.29, 0.717) is 0 Å². The molecular formula is C9H4F2O3. The highest BCUT2D eigenvalue weighted by atomic mass is 19.1. The Hall–Kier alpha value is -1.91. The molecule has 0 bridgehead atoms. The van der Waals surface area contributed by atoms with Crippen LogP contribution >= 0.6 is 0 Å². The fraction of sp³-hybridized carbons (Fsp3) is 0. The molecule has 1 heterocycles. The molecule has 0 spiro atoms. The maximum absolute atomic E-state index is 13.1. The monoisotopic (exact) mass is 198 g/mol. The van der Waals surface area contributed by atoms with Gasteiger partial charge in [0.2, 0.25) is 0 Å². The first-order valence-corrected chi connectivity index (χ1v) is 3.69. The summed E-state index contributed by atoms with van der Waals surface area (Å²) in [5, 5.41) is 8.30. The summed E-state index contributed by atoms with van der Waals surface area (Å²) in [7, 11) is 0. The highest BCUT2D eigenvalue weighted by molar-refractivity contribution is 6.02. The molecule has 2 aromatic rings. The summed E-state index contributed by atoms with van der Waals surface area (Å²) in [6.07, 6.45) is 0.819. The molecule has 0 radical (unpaired) electrons. The SMILES string of the molecule is O=C(O)c1coc2c(F)ccc(F)c12. The summed E-state index contributed by atoms with van der Waals surface area (Å²) in [6, 6.07) is 1.74. The van der Waals surface area contributed by atoms with Crippen LogP contribution in [0.15, 0.2) is 22.8 Å². The molecule has 0 amide bonds. The first-order valence-electron chi connectivity index (χ1n) is 3.69. The molecule has 5 heteroatoms. The summed E-state index contributed by atoms with van der Waals surface area (Å²) < 4.78 is 30.7. The van der Waals surface area contributed by atoms with E-state index in [1.807, 2.05) is 0 Å². The Labute approximate surface area is 76.6 Å². The van der Waals surface area contributed by atoms with Gasteiger partial charge in [-0.1, -0.05) is 0 Å². The van der Waals surface area contributed by atoms with E-state index in [9.17, 15) is 13.6 Å². The van der Waals surface area contributed by atoms with E-state index in [0.717, 1.165) is 18.4 Å². The molecule has 14 heavy (non-hydrogen) atoms. The highest BCUT2D eigenvalue weighted by Crippen LogP contribution is 2.26. The minimum Gasteiger partial charge on any atom is -0.478 e. The number of furan rings is 1. The number of benzene rings is 1. The number of carboxylic acids is 1. The first kappa shape index (κ1) is 8.68. The van der Waals surface area contributed by atoms with E-state index in [1.54, 1.807) is 0 Å². The van der Waals surface area contributed by atoms with Crippen molar-refractivity contribution in [1.82, 2.24) is 0 Å². The molecule has 0 aliphatic rings. The van der Waals surface area contributed by atoms with Gasteiger partial charge in [-0.25, -0.2) is 13.6 Å². The Morgan fingerprint density at radius 3 is 2.57 bits per heavy atom. The van der Waals surface area contributed by atoms with Crippen molar-refractivity contribution in [3.63, 3.8) is 0 Å². The van der Waals surface area contributed by atoms with Crippen molar-refractivity contribution in [2.45, 2.75) is 0 Å². The van der Waals surface area contributed by atoms with Crippen LogP contribution in [-0.4, -0.2) is 11.1 Å². The lowest BCUT2D eigenvalue weighted by molar-refractivity contribution is 0.0697. The van der Waals surface area contributed by atoms with Crippen LogP contribution in [0.4, 0.5) is 8.78 Å². The molecule has 1 N–H and O–H groups in total. The fourth-order valence-corrected chi connectivity index (χ4v) is 1.23. The number of aromatic carboxylic acids is 1. The minimum atomic E-state index is -1.35. The van der Waals surface area contributed by atoms with Crippen LogP contribution in [0.25, 0.3) is 11.0 Å². The van der Waals surface area contributed by atoms with Crippen molar-refractivity contribution in [3.8, 4) is 0 Å². The minimum absolute atomic E-state index is 0.336. The molecule has 0 saturated carbocycles. The summed E-state index contributed by atoms with van der Waals surface area (Å²) in [6.45, 7) is 0. The molecule has 0 aliphatic heterocycles. The molecule has 1 aromatic carbocycles. The van der Waals surface area contributed by atoms with Gasteiger partial charge in [0.15, 0.2) is 11.4 Å². The molecule has 72 valence electrons. The molecule has 0 fully saturated rings. The summed E-state index contributed by atoms with van der Waals surface area (Å²) >= 11 is 0. The van der Waals surface area contributed by atoms with Crippen LogP contribution in [0, 0.1) is 11.6 Å². The number of carbonyl (C=O) groups is 1. The van der Waals surface area contributed by atoms with Gasteiger partial charge in [-0.15, -0.1) is 0 Å². The Bertz CT molecular complexity index is 516. The van der Waals surface area contributed by atoms with E-state index in [1.165, 1.54) is 0 Å². The lowest BCUT2D eigenvalue weighted by Crippen LogP contribution is -1.95. The zero-order valence-corrected chi connectivity index (χ0v) is 6.75. The van der Waals surface area contributed by atoms with Gasteiger partial charge < -0.3 is 9.52 Å². The van der Waals surface area contributed by atoms with Crippen molar-refractivity contribution < 1.29 is 23.1 Å². The third kappa shape index (κ3) is 1.06. The number of carboxylic acid groups (broad SMARTS) is 1. The van der Waals surface area contributed by atoms with Crippen molar-refractivity contribution >= 4 is 16.9 Å². The average molecular weight is 198 g/mol. The fourth-order valence-electron chi connectivity index (χ4n) is 1.23. The molecule has 0 aliphatic carbocycles. The lowest BCUT2D eigenvalue weighted by atomic mass is 10.1. The Balaban J connectivity index is 2.90. The summed E-state index contributed by atoms with van der Waals surface area (Å²) in [4.78, 5) is 10.6. The standard InChI is InChI=1S/C9H4F2O3/c10-5-1-2-6(11)8-7(5)4(3-14-8)9(12)13/h1-3H,(H,12,13). The van der Waals surface area contributed by atoms with Gasteiger partial charge in [0.25, 0.3) is 0 Å². The molecule has 2 rings (SSSR count). The van der Waals surface area contributed by atoms with Crippen molar-refractivity contribution in [1.29, 1.82) is 0 Å². The van der Waals surface area contributed by atoms with E-state index in [2.05, 4.69) is 4.42 Å². The zero-order chi connectivity index (χ0) is 10.3. The number of hydrogen-bond donors (Lipinski definition) is 1. The molecular weight excluding hydrogens is 194 g/mol. The van der Waals surface area contributed by atoms with Crippen molar-refractivity contribution in [3.05, 3.63) is 35.6 Å². The summed E-state index contributed by atoms with van der Waals surface area (Å²) in [5.41, 5.74) is -0.751. The third-order valence-electron chi connectivity index (χ3n) is 1.85. The first-order chi connectivity index (χ1) is 6.61. The van der Waals surface area contributed by atoms with E-state index in [-0.39, 0.29) is 16.5 Å². The van der Waals surface area contributed by atoms with Crippen LogP contribution in [-0.2, 0) is 0 Å². The van der Waals surface area contributed by atoms with Gasteiger partial charge in [-0.05, 0) is 12.1 Å². The third-order valence-corrected chi connectivity index (χ3v) is 1.85. The Morgan fingerprint density at radius 1 is 1.29 bits per heavy atom. The quantitative estimate of drug-likeness (QED) is 0.765. The zero-order valence-electron chi connectivity index (χ0n) is 6.75. The smallest absolute Gasteiger partial charge is 0.339 e. The Morgan fingerprint density at radius 2 is 1.93 bits per heavy atom. The van der Waals surface area contributed by atoms with Crippen LogP contribution < -0.4 is 0 Å². The van der Waals surface area contributed by atoms with Crippen molar-refractivity contribution in [2.75, 3.05) is 0 Å². The molecule has 3 nitrogen and oxygen atoms in total. The highest BCUT2D eigenvalue weighted by Gasteiger charge is 2.18. The van der Waals surface area contributed by atoms with Crippen LogP contribution in [0.2, 0.25) is 0 Å². The molecule has 0 unspecified atom stereocenters. The van der Waals surface area contributed by atoms with Crippen molar-refractivity contribution in [2.24, 2.45) is 0 Å². The molecule has 0 atom stereocenters. The van der Waals surface area contributed by atoms with Gasteiger partial charge in [0.1, 0.15) is 17.6 Å². The van der Waals surface area contributed by atoms with Crippen LogP contribution in [0.5, 0.6) is 0 Å². The van der Waals surface area contributed by atoms with Gasteiger partial charge >= 0.3 is 5.97 Å². The average Bonchev–Trinajstić information content (AvgIpc) is 2.56. The van der Waals surface area contributed by atoms with Gasteiger partial charge in [0.05, 0.1) is 5.39 Å². The maximum atomic E-state index is 13.1. The normalized spacial score (nSPS) is 10.7. The van der Waals surface area contributed by atoms with Gasteiger partial charge in [0, 0.05) is 0 Å². The predicted molar refractivity (Wildman–Crippen MR) is 43.1 cm³/mol. The summed E-state index contributed by atoms with van der Waals surface area (Å²) in [5.74, 6) is -2.95. The number of hydrogen-bond acceptors (Lipinski definition) is 2. The van der Waals surface area contributed by atoms with E-state index < -0.39 is 17.6 Å². The predicted octanol–water partition coefficient (Wildman–Crippen LogP) is 2.41. The van der Waals surface area contributed by atoms with E-state index in [4.69, 9.17) is 5.11 Å². The molecule has 1 aromatic heterocycles. The second kappa shape index (κ2) is 2.80. The van der Waals surface area contributed by atoms with Gasteiger partial charge in [-0.3, -0.25) is 0 Å². The maximum Gasteiger partial charge on any atom is 0.339 e. The number of fused-ring (bicyclic) bond motifs is 1. The van der Waals surface area contributed by atoms with Crippen LogP contribution in [0.1, 0.15) is 10.4 Å². The lowest BCUT2D eigenvalue weighted by Gasteiger charge is -1.93. The largest absolute Gasteiger partial charge is 0.478 e. The van der Waals surface area contributed by atoms with Gasteiger partial charge in [-0.2, -0.15) is 0 Å². The Kier molecular flexibility index (Phi) is 1.73. The van der Waals surface area contributed by atoms with Crippen LogP contribution in [0.3, 0.4) is 0 Å². The number of halogens is 2. The second-order valence-electron chi connectivity index (χ2n) is 2.69. The molecule has 0 saturated heterocycles. The number of rotatable bonds is 1. The second-order valence-corrected chi connectivity index (χ2v) is 2.69. The van der Waals surface area contributed by atoms with E-state index >= 15 is 0 Å².